The molecule has 0 unspecified atom stereocenters. The maximum absolute atomic E-state index is 10.6. The minimum atomic E-state index is -0.158. The van der Waals surface area contributed by atoms with Gasteiger partial charge in [0.05, 0.1) is 13.2 Å². The standard InChI is InChI=1S/C6H11NO3/c1-10-5-2-6(9)7-3-4-8/h4H,2-3,5H2,1H3,(H,7,9). The number of rotatable bonds is 5. The summed E-state index contributed by atoms with van der Waals surface area (Å²) in [6.07, 6.45) is 0.953. The molecule has 0 aliphatic heterocycles. The van der Waals surface area contributed by atoms with Gasteiger partial charge < -0.3 is 14.8 Å². The van der Waals surface area contributed by atoms with E-state index in [1.165, 1.54) is 7.11 Å². The fraction of sp³-hybridized carbons (Fsp3) is 0.667. The predicted octanol–water partition coefficient (Wildman–Crippen LogP) is -0.662. The third kappa shape index (κ3) is 5.24. The summed E-state index contributed by atoms with van der Waals surface area (Å²) in [6.45, 7) is 0.479. The summed E-state index contributed by atoms with van der Waals surface area (Å²) in [5, 5.41) is 2.38. The molecule has 0 heterocycles. The first-order chi connectivity index (χ1) is 4.81. The van der Waals surface area contributed by atoms with Gasteiger partial charge in [0, 0.05) is 13.5 Å². The van der Waals surface area contributed by atoms with Crippen molar-refractivity contribution >= 4 is 12.2 Å². The van der Waals surface area contributed by atoms with Gasteiger partial charge in [0.25, 0.3) is 0 Å². The molecule has 1 amide bonds. The summed E-state index contributed by atoms with van der Waals surface area (Å²) in [5.41, 5.74) is 0. The Kier molecular flexibility index (Phi) is 5.66. The number of carbonyl (C=O) groups is 2. The lowest BCUT2D eigenvalue weighted by Crippen LogP contribution is -2.25. The van der Waals surface area contributed by atoms with Crippen LogP contribution in [0.15, 0.2) is 0 Å². The highest BCUT2D eigenvalue weighted by molar-refractivity contribution is 5.78. The fourth-order valence-electron chi connectivity index (χ4n) is 0.439. The number of methoxy groups -OCH3 is 1. The van der Waals surface area contributed by atoms with Crippen molar-refractivity contribution in [1.82, 2.24) is 5.32 Å². The Labute approximate surface area is 59.6 Å². The molecule has 58 valence electrons. The normalized spacial score (nSPS) is 8.90. The average molecular weight is 145 g/mol. The highest BCUT2D eigenvalue weighted by Gasteiger charge is 1.96. The van der Waals surface area contributed by atoms with E-state index in [1.54, 1.807) is 0 Å². The predicted molar refractivity (Wildman–Crippen MR) is 35.6 cm³/mol. The van der Waals surface area contributed by atoms with Gasteiger partial charge in [-0.25, -0.2) is 0 Å². The van der Waals surface area contributed by atoms with Crippen molar-refractivity contribution in [2.24, 2.45) is 0 Å². The second-order valence-corrected chi connectivity index (χ2v) is 1.71. The Morgan fingerprint density at radius 2 is 2.40 bits per heavy atom. The Balaban J connectivity index is 3.16. The molecule has 0 aromatic carbocycles. The minimum Gasteiger partial charge on any atom is -0.384 e. The molecule has 1 N–H and O–H groups in total. The van der Waals surface area contributed by atoms with Gasteiger partial charge in [0.15, 0.2) is 0 Å². The van der Waals surface area contributed by atoms with Crippen LogP contribution in [0, 0.1) is 0 Å². The highest BCUT2D eigenvalue weighted by atomic mass is 16.5. The van der Waals surface area contributed by atoms with Crippen LogP contribution in [0.4, 0.5) is 0 Å². The van der Waals surface area contributed by atoms with Gasteiger partial charge in [-0.15, -0.1) is 0 Å². The zero-order valence-electron chi connectivity index (χ0n) is 5.92. The van der Waals surface area contributed by atoms with Crippen LogP contribution in [-0.4, -0.2) is 32.5 Å². The van der Waals surface area contributed by atoms with Gasteiger partial charge >= 0.3 is 0 Å². The van der Waals surface area contributed by atoms with Crippen molar-refractivity contribution in [2.75, 3.05) is 20.3 Å². The lowest BCUT2D eigenvalue weighted by molar-refractivity contribution is -0.123. The van der Waals surface area contributed by atoms with Crippen molar-refractivity contribution in [3.8, 4) is 0 Å². The number of aldehydes is 1. The van der Waals surface area contributed by atoms with Crippen LogP contribution < -0.4 is 5.32 Å². The van der Waals surface area contributed by atoms with Crippen LogP contribution in [0.1, 0.15) is 6.42 Å². The molecule has 4 heteroatoms. The van der Waals surface area contributed by atoms with E-state index in [0.29, 0.717) is 19.3 Å². The molecule has 0 saturated heterocycles. The van der Waals surface area contributed by atoms with Crippen LogP contribution in [0.25, 0.3) is 0 Å². The van der Waals surface area contributed by atoms with Crippen molar-refractivity contribution in [2.45, 2.75) is 6.42 Å². The van der Waals surface area contributed by atoms with Crippen molar-refractivity contribution in [1.29, 1.82) is 0 Å². The van der Waals surface area contributed by atoms with Crippen LogP contribution >= 0.6 is 0 Å². The summed E-state index contributed by atoms with van der Waals surface area (Å²) in [4.78, 5) is 20.3. The topological polar surface area (TPSA) is 55.4 Å². The molecule has 0 aliphatic carbocycles. The van der Waals surface area contributed by atoms with Gasteiger partial charge in [-0.2, -0.15) is 0 Å². The Morgan fingerprint density at radius 3 is 2.90 bits per heavy atom. The van der Waals surface area contributed by atoms with E-state index < -0.39 is 0 Å². The number of hydrogen-bond donors (Lipinski definition) is 1. The molecule has 0 aliphatic rings. The van der Waals surface area contributed by atoms with Crippen molar-refractivity contribution in [3.63, 3.8) is 0 Å². The zero-order chi connectivity index (χ0) is 7.82. The Hall–Kier alpha value is -0.900. The van der Waals surface area contributed by atoms with Gasteiger partial charge in [0.1, 0.15) is 6.29 Å². The molecule has 0 atom stereocenters. The first kappa shape index (κ1) is 9.10. The second-order valence-electron chi connectivity index (χ2n) is 1.71. The smallest absolute Gasteiger partial charge is 0.222 e. The van der Waals surface area contributed by atoms with Crippen LogP contribution in [0.5, 0.6) is 0 Å². The molecule has 10 heavy (non-hydrogen) atoms. The van der Waals surface area contributed by atoms with E-state index >= 15 is 0 Å². The monoisotopic (exact) mass is 145 g/mol. The molecule has 0 radical (unpaired) electrons. The number of amides is 1. The molecular weight excluding hydrogens is 134 g/mol. The van der Waals surface area contributed by atoms with E-state index in [2.05, 4.69) is 10.1 Å². The lowest BCUT2D eigenvalue weighted by atomic mass is 10.4. The third-order valence-corrected chi connectivity index (χ3v) is 0.916. The largest absolute Gasteiger partial charge is 0.384 e. The van der Waals surface area contributed by atoms with Crippen LogP contribution in [0.2, 0.25) is 0 Å². The second kappa shape index (κ2) is 6.22. The first-order valence-electron chi connectivity index (χ1n) is 3.00. The molecular formula is C6H11NO3. The molecule has 0 rings (SSSR count). The van der Waals surface area contributed by atoms with Crippen molar-refractivity contribution < 1.29 is 14.3 Å². The molecule has 0 fully saturated rings. The van der Waals surface area contributed by atoms with Gasteiger partial charge in [-0.3, -0.25) is 4.79 Å². The van der Waals surface area contributed by atoms with Crippen LogP contribution in [-0.2, 0) is 14.3 Å². The molecule has 0 aromatic heterocycles. The summed E-state index contributed by atoms with van der Waals surface area (Å²) in [7, 11) is 1.52. The number of nitrogens with one attached hydrogen (secondary N) is 1. The summed E-state index contributed by atoms with van der Waals surface area (Å²) < 4.78 is 4.64. The maximum Gasteiger partial charge on any atom is 0.222 e. The third-order valence-electron chi connectivity index (χ3n) is 0.916. The zero-order valence-corrected chi connectivity index (χ0v) is 5.92. The quantitative estimate of drug-likeness (QED) is 0.522. The number of ether oxygens (including phenoxy) is 1. The fourth-order valence-corrected chi connectivity index (χ4v) is 0.439. The summed E-state index contributed by atoms with van der Waals surface area (Å²) >= 11 is 0. The lowest BCUT2D eigenvalue weighted by Gasteiger charge is -1.98. The first-order valence-corrected chi connectivity index (χ1v) is 3.00. The average Bonchev–Trinajstić information content (AvgIpc) is 1.97. The molecule has 0 aromatic rings. The number of hydrogen-bond acceptors (Lipinski definition) is 3. The van der Waals surface area contributed by atoms with E-state index in [0.717, 1.165) is 0 Å². The molecule has 0 saturated carbocycles. The van der Waals surface area contributed by atoms with E-state index in [9.17, 15) is 9.59 Å². The summed E-state index contributed by atoms with van der Waals surface area (Å²) in [6, 6.07) is 0. The van der Waals surface area contributed by atoms with Gasteiger partial charge in [-0.1, -0.05) is 0 Å². The molecule has 0 spiro atoms. The molecule has 0 bridgehead atoms. The minimum absolute atomic E-state index is 0.0859. The maximum atomic E-state index is 10.6. The Bertz CT molecular complexity index is 114. The van der Waals surface area contributed by atoms with E-state index in [-0.39, 0.29) is 12.5 Å². The van der Waals surface area contributed by atoms with Gasteiger partial charge in [-0.05, 0) is 0 Å². The van der Waals surface area contributed by atoms with Crippen LogP contribution in [0.3, 0.4) is 0 Å². The SMILES string of the molecule is COCCC(=O)NCC=O. The van der Waals surface area contributed by atoms with E-state index in [1.807, 2.05) is 0 Å². The Morgan fingerprint density at radius 1 is 1.70 bits per heavy atom. The van der Waals surface area contributed by atoms with E-state index in [4.69, 9.17) is 0 Å². The number of carbonyl (C=O) groups excluding carboxylic acids is 2. The van der Waals surface area contributed by atoms with Gasteiger partial charge in [0.2, 0.25) is 5.91 Å². The summed E-state index contributed by atoms with van der Waals surface area (Å²) in [5.74, 6) is -0.158. The highest BCUT2D eigenvalue weighted by Crippen LogP contribution is 1.78. The van der Waals surface area contributed by atoms with Crippen molar-refractivity contribution in [3.05, 3.63) is 0 Å². The molecule has 4 nitrogen and oxygen atoms in total.